The van der Waals surface area contributed by atoms with Crippen molar-refractivity contribution in [3.8, 4) is 0 Å². The van der Waals surface area contributed by atoms with Gasteiger partial charge in [-0.3, -0.25) is 4.79 Å². The van der Waals surface area contributed by atoms with Crippen LogP contribution in [0.1, 0.15) is 48.1 Å². The lowest BCUT2D eigenvalue weighted by Gasteiger charge is -2.20. The van der Waals surface area contributed by atoms with Crippen LogP contribution < -0.4 is 10.6 Å². The van der Waals surface area contributed by atoms with E-state index >= 15 is 0 Å². The van der Waals surface area contributed by atoms with Crippen molar-refractivity contribution < 1.29 is 4.79 Å². The topological polar surface area (TPSA) is 66.9 Å². The van der Waals surface area contributed by atoms with Crippen LogP contribution in [0.5, 0.6) is 0 Å². The monoisotopic (exact) mass is 312 g/mol. The number of hydrogen-bond acceptors (Lipinski definition) is 4. The van der Waals surface area contributed by atoms with E-state index in [9.17, 15) is 4.79 Å². The first-order chi connectivity index (χ1) is 10.7. The number of aromatic nitrogens is 2. The third-order valence-electron chi connectivity index (χ3n) is 3.27. The molecule has 0 fully saturated rings. The fourth-order valence-electron chi connectivity index (χ4n) is 2.15. The smallest absolute Gasteiger partial charge is 0.270 e. The van der Waals surface area contributed by atoms with Gasteiger partial charge in [0, 0.05) is 17.8 Å². The molecule has 0 saturated carbocycles. The Morgan fingerprint density at radius 2 is 1.83 bits per heavy atom. The molecule has 23 heavy (non-hydrogen) atoms. The first kappa shape index (κ1) is 16.9. The van der Waals surface area contributed by atoms with Crippen LogP contribution in [0.2, 0.25) is 0 Å². The normalized spacial score (nSPS) is 11.2. The van der Waals surface area contributed by atoms with Crippen LogP contribution in [0.3, 0.4) is 0 Å². The standard InChI is InChI=1S/C18H24N4O/c1-12-8-6-7-9-14(12)11-19-16(23)15-10-13(2)20-17(21-15)22-18(3,4)5/h6-10H,11H2,1-5H3,(H,19,23)(H,20,21,22). The molecule has 0 aliphatic rings. The molecule has 2 aromatic rings. The Hall–Kier alpha value is -2.43. The molecule has 0 aliphatic heterocycles. The first-order valence-corrected chi connectivity index (χ1v) is 7.71. The van der Waals surface area contributed by atoms with Crippen LogP contribution in [-0.4, -0.2) is 21.4 Å². The van der Waals surface area contributed by atoms with Gasteiger partial charge in [0.05, 0.1) is 0 Å². The lowest BCUT2D eigenvalue weighted by Crippen LogP contribution is -2.29. The predicted molar refractivity (Wildman–Crippen MR) is 92.5 cm³/mol. The molecule has 0 spiro atoms. The van der Waals surface area contributed by atoms with Crippen molar-refractivity contribution in [1.29, 1.82) is 0 Å². The maximum absolute atomic E-state index is 12.4. The third-order valence-corrected chi connectivity index (χ3v) is 3.27. The molecule has 0 unspecified atom stereocenters. The van der Waals surface area contributed by atoms with Crippen LogP contribution in [0, 0.1) is 13.8 Å². The lowest BCUT2D eigenvalue weighted by molar-refractivity contribution is 0.0945. The number of hydrogen-bond donors (Lipinski definition) is 2. The van der Waals surface area contributed by atoms with Gasteiger partial charge >= 0.3 is 0 Å². The maximum atomic E-state index is 12.4. The second kappa shape index (κ2) is 6.77. The van der Waals surface area contributed by atoms with Crippen molar-refractivity contribution in [3.05, 3.63) is 52.8 Å². The fourth-order valence-corrected chi connectivity index (χ4v) is 2.15. The summed E-state index contributed by atoms with van der Waals surface area (Å²) >= 11 is 0. The van der Waals surface area contributed by atoms with Gasteiger partial charge in [0.1, 0.15) is 5.69 Å². The van der Waals surface area contributed by atoms with E-state index in [2.05, 4.69) is 20.6 Å². The Bertz CT molecular complexity index is 704. The minimum atomic E-state index is -0.198. The highest BCUT2D eigenvalue weighted by atomic mass is 16.1. The van der Waals surface area contributed by atoms with Crippen molar-refractivity contribution in [1.82, 2.24) is 15.3 Å². The number of anilines is 1. The number of benzene rings is 1. The van der Waals surface area contributed by atoms with Gasteiger partial charge in [-0.25, -0.2) is 9.97 Å². The van der Waals surface area contributed by atoms with E-state index in [0.717, 1.165) is 16.8 Å². The molecule has 5 nitrogen and oxygen atoms in total. The van der Waals surface area contributed by atoms with Crippen LogP contribution in [0.15, 0.2) is 30.3 Å². The molecule has 1 aromatic carbocycles. The highest BCUT2D eigenvalue weighted by Gasteiger charge is 2.15. The van der Waals surface area contributed by atoms with Crippen LogP contribution in [0.25, 0.3) is 0 Å². The molecule has 2 N–H and O–H groups in total. The van der Waals surface area contributed by atoms with Gasteiger partial charge in [-0.05, 0) is 51.8 Å². The second-order valence-electron chi connectivity index (χ2n) is 6.70. The number of carbonyl (C=O) groups excluding carboxylic acids is 1. The Morgan fingerprint density at radius 3 is 2.48 bits per heavy atom. The quantitative estimate of drug-likeness (QED) is 0.909. The van der Waals surface area contributed by atoms with Gasteiger partial charge in [-0.2, -0.15) is 0 Å². The van der Waals surface area contributed by atoms with Crippen LogP contribution in [-0.2, 0) is 6.54 Å². The molecule has 1 amide bonds. The van der Waals surface area contributed by atoms with Gasteiger partial charge in [0.15, 0.2) is 0 Å². The van der Waals surface area contributed by atoms with Gasteiger partial charge in [0.2, 0.25) is 5.95 Å². The molecule has 122 valence electrons. The summed E-state index contributed by atoms with van der Waals surface area (Å²) in [5, 5.41) is 6.11. The fraction of sp³-hybridized carbons (Fsp3) is 0.389. The largest absolute Gasteiger partial charge is 0.350 e. The zero-order valence-corrected chi connectivity index (χ0v) is 14.4. The molecule has 0 atom stereocenters. The number of aryl methyl sites for hydroxylation is 2. The third kappa shape index (κ3) is 5.06. The lowest BCUT2D eigenvalue weighted by atomic mass is 10.1. The molecular weight excluding hydrogens is 288 g/mol. The minimum Gasteiger partial charge on any atom is -0.350 e. The van der Waals surface area contributed by atoms with Crippen molar-refractivity contribution in [2.45, 2.75) is 46.7 Å². The maximum Gasteiger partial charge on any atom is 0.270 e. The number of rotatable bonds is 4. The Morgan fingerprint density at radius 1 is 1.13 bits per heavy atom. The van der Waals surface area contributed by atoms with Gasteiger partial charge in [0.25, 0.3) is 5.91 Å². The highest BCUT2D eigenvalue weighted by Crippen LogP contribution is 2.12. The second-order valence-corrected chi connectivity index (χ2v) is 6.70. The Balaban J connectivity index is 2.11. The summed E-state index contributed by atoms with van der Waals surface area (Å²) in [6, 6.07) is 9.68. The van der Waals surface area contributed by atoms with Crippen molar-refractivity contribution >= 4 is 11.9 Å². The molecule has 0 saturated heterocycles. The Labute approximate surface area is 137 Å². The molecular formula is C18H24N4O. The molecule has 5 heteroatoms. The summed E-state index contributed by atoms with van der Waals surface area (Å²) in [5.41, 5.74) is 3.22. The average Bonchev–Trinajstić information content (AvgIpc) is 2.43. The zero-order chi connectivity index (χ0) is 17.0. The summed E-state index contributed by atoms with van der Waals surface area (Å²) < 4.78 is 0. The summed E-state index contributed by atoms with van der Waals surface area (Å²) in [5.74, 6) is 0.272. The van der Waals surface area contributed by atoms with Gasteiger partial charge in [-0.15, -0.1) is 0 Å². The van der Waals surface area contributed by atoms with Crippen LogP contribution >= 0.6 is 0 Å². The molecule has 0 bridgehead atoms. The van der Waals surface area contributed by atoms with Gasteiger partial charge < -0.3 is 10.6 Å². The predicted octanol–water partition coefficient (Wildman–Crippen LogP) is 3.23. The van der Waals surface area contributed by atoms with Crippen molar-refractivity contribution in [2.24, 2.45) is 0 Å². The van der Waals surface area contributed by atoms with Gasteiger partial charge in [-0.1, -0.05) is 24.3 Å². The average molecular weight is 312 g/mol. The molecule has 0 radical (unpaired) electrons. The SMILES string of the molecule is Cc1cc(C(=O)NCc2ccccc2C)nc(NC(C)(C)C)n1. The summed E-state index contributed by atoms with van der Waals surface area (Å²) in [4.78, 5) is 21.0. The van der Waals surface area contributed by atoms with Crippen LogP contribution in [0.4, 0.5) is 5.95 Å². The molecule has 1 heterocycles. The molecule has 2 rings (SSSR count). The number of carbonyl (C=O) groups is 1. The first-order valence-electron chi connectivity index (χ1n) is 7.71. The van der Waals surface area contributed by atoms with E-state index in [-0.39, 0.29) is 11.4 Å². The van der Waals surface area contributed by atoms with E-state index in [4.69, 9.17) is 0 Å². The number of nitrogens with zero attached hydrogens (tertiary/aromatic N) is 2. The Kier molecular flexibility index (Phi) is 4.98. The molecule has 1 aromatic heterocycles. The van der Waals surface area contributed by atoms with Crippen molar-refractivity contribution in [2.75, 3.05) is 5.32 Å². The minimum absolute atomic E-state index is 0.164. The van der Waals surface area contributed by atoms with E-state index in [1.54, 1.807) is 6.07 Å². The molecule has 0 aliphatic carbocycles. The van der Waals surface area contributed by atoms with Crippen molar-refractivity contribution in [3.63, 3.8) is 0 Å². The van der Waals surface area contributed by atoms with E-state index in [1.807, 2.05) is 58.9 Å². The van der Waals surface area contributed by atoms with E-state index < -0.39 is 0 Å². The summed E-state index contributed by atoms with van der Waals surface area (Å²) in [7, 11) is 0. The number of amides is 1. The van der Waals surface area contributed by atoms with E-state index in [1.165, 1.54) is 0 Å². The summed E-state index contributed by atoms with van der Waals surface area (Å²) in [6.45, 7) is 10.4. The number of nitrogens with one attached hydrogen (secondary N) is 2. The zero-order valence-electron chi connectivity index (χ0n) is 14.4. The highest BCUT2D eigenvalue weighted by molar-refractivity contribution is 5.92. The van der Waals surface area contributed by atoms with E-state index in [0.29, 0.717) is 18.2 Å². The summed E-state index contributed by atoms with van der Waals surface area (Å²) in [6.07, 6.45) is 0.